The van der Waals surface area contributed by atoms with Crippen LogP contribution in [0, 0.1) is 0 Å². The quantitative estimate of drug-likeness (QED) is 0.479. The van der Waals surface area contributed by atoms with Crippen LogP contribution in [0.25, 0.3) is 11.3 Å². The summed E-state index contributed by atoms with van der Waals surface area (Å²) < 4.78 is 16.3. The molecule has 1 saturated heterocycles. The number of hydrogen-bond acceptors (Lipinski definition) is 7. The SMILES string of the molecule is COc1ccc(OC)c(-c2ccc(N3CCN(C(=O)COc4ccc(Cl)cc4Cl)CC3)nn2)c1. The molecule has 0 atom stereocenters. The lowest BCUT2D eigenvalue weighted by molar-refractivity contribution is -0.133. The van der Waals surface area contributed by atoms with Crippen LogP contribution in [0.4, 0.5) is 5.82 Å². The first-order valence-electron chi connectivity index (χ1n) is 10.6. The van der Waals surface area contributed by atoms with E-state index in [4.69, 9.17) is 37.4 Å². The minimum atomic E-state index is -0.0998. The maximum atomic E-state index is 12.6. The zero-order valence-electron chi connectivity index (χ0n) is 18.8. The molecule has 1 amide bonds. The second kappa shape index (κ2) is 10.8. The Hall–Kier alpha value is -3.23. The highest BCUT2D eigenvalue weighted by molar-refractivity contribution is 6.35. The number of halogens is 2. The van der Waals surface area contributed by atoms with Crippen molar-refractivity contribution in [2.24, 2.45) is 0 Å². The average molecular weight is 503 g/mol. The number of nitrogens with zero attached hydrogens (tertiary/aromatic N) is 4. The normalized spacial score (nSPS) is 13.5. The zero-order valence-corrected chi connectivity index (χ0v) is 20.3. The molecule has 0 unspecified atom stereocenters. The van der Waals surface area contributed by atoms with Crippen molar-refractivity contribution in [3.63, 3.8) is 0 Å². The average Bonchev–Trinajstić information content (AvgIpc) is 2.88. The third-order valence-corrected chi connectivity index (χ3v) is 6.06. The first kappa shape index (κ1) is 23.9. The first-order valence-corrected chi connectivity index (χ1v) is 11.4. The van der Waals surface area contributed by atoms with E-state index in [0.29, 0.717) is 59.2 Å². The van der Waals surface area contributed by atoms with Crippen molar-refractivity contribution in [2.45, 2.75) is 0 Å². The number of ether oxygens (including phenoxy) is 3. The Labute approximate surface area is 207 Å². The summed E-state index contributed by atoms with van der Waals surface area (Å²) in [6.07, 6.45) is 0. The molecule has 0 spiro atoms. The molecule has 1 aliphatic heterocycles. The fraction of sp³-hybridized carbons (Fsp3) is 0.292. The molecular formula is C24H24Cl2N4O4. The summed E-state index contributed by atoms with van der Waals surface area (Å²) in [5.74, 6) is 2.49. The fourth-order valence-electron chi connectivity index (χ4n) is 3.66. The molecule has 0 aliphatic carbocycles. The Morgan fingerprint density at radius 2 is 1.68 bits per heavy atom. The molecule has 1 fully saturated rings. The molecule has 8 nitrogen and oxygen atoms in total. The lowest BCUT2D eigenvalue weighted by Crippen LogP contribution is -2.50. The van der Waals surface area contributed by atoms with Crippen LogP contribution >= 0.6 is 23.2 Å². The summed E-state index contributed by atoms with van der Waals surface area (Å²) in [6, 6.07) is 14.3. The van der Waals surface area contributed by atoms with E-state index in [1.807, 2.05) is 30.3 Å². The maximum Gasteiger partial charge on any atom is 0.260 e. The summed E-state index contributed by atoms with van der Waals surface area (Å²) in [6.45, 7) is 2.32. The van der Waals surface area contributed by atoms with E-state index in [0.717, 1.165) is 11.4 Å². The van der Waals surface area contributed by atoms with Crippen LogP contribution in [0.2, 0.25) is 10.0 Å². The van der Waals surface area contributed by atoms with Crippen LogP contribution in [0.15, 0.2) is 48.5 Å². The van der Waals surface area contributed by atoms with Crippen LogP contribution < -0.4 is 19.1 Å². The van der Waals surface area contributed by atoms with Crippen LogP contribution in [0.1, 0.15) is 0 Å². The first-order chi connectivity index (χ1) is 16.5. The molecular weight excluding hydrogens is 479 g/mol. The summed E-state index contributed by atoms with van der Waals surface area (Å²) in [7, 11) is 3.23. The van der Waals surface area contributed by atoms with E-state index in [-0.39, 0.29) is 12.5 Å². The molecule has 3 aromatic rings. The van der Waals surface area contributed by atoms with E-state index in [1.54, 1.807) is 37.3 Å². The number of rotatable bonds is 7. The van der Waals surface area contributed by atoms with Gasteiger partial charge in [0.05, 0.1) is 24.9 Å². The van der Waals surface area contributed by atoms with Crippen molar-refractivity contribution < 1.29 is 19.0 Å². The molecule has 1 aliphatic rings. The number of carbonyl (C=O) groups excluding carboxylic acids is 1. The fourth-order valence-corrected chi connectivity index (χ4v) is 4.12. The molecule has 2 aromatic carbocycles. The second-order valence-electron chi connectivity index (χ2n) is 7.57. The van der Waals surface area contributed by atoms with Crippen LogP contribution in [-0.4, -0.2) is 68.0 Å². The molecule has 10 heteroatoms. The number of carbonyl (C=O) groups is 1. The van der Waals surface area contributed by atoms with Crippen LogP contribution in [-0.2, 0) is 4.79 Å². The predicted molar refractivity (Wildman–Crippen MR) is 131 cm³/mol. The molecule has 0 bridgehead atoms. The van der Waals surface area contributed by atoms with Gasteiger partial charge in [-0.2, -0.15) is 0 Å². The number of anilines is 1. The van der Waals surface area contributed by atoms with Crippen LogP contribution in [0.3, 0.4) is 0 Å². The third-order valence-electron chi connectivity index (χ3n) is 5.53. The lowest BCUT2D eigenvalue weighted by Gasteiger charge is -2.35. The standard InChI is InChI=1S/C24H24Cl2N4O4/c1-32-17-4-7-21(33-2)18(14-17)20-5-8-23(28-27-20)29-9-11-30(12-10-29)24(31)15-34-22-6-3-16(25)13-19(22)26/h3-8,13-14H,9-12,15H2,1-2H3. The Morgan fingerprint density at radius 1 is 0.912 bits per heavy atom. The highest BCUT2D eigenvalue weighted by Crippen LogP contribution is 2.32. The highest BCUT2D eigenvalue weighted by atomic mass is 35.5. The van der Waals surface area contributed by atoms with Gasteiger partial charge in [-0.3, -0.25) is 4.79 Å². The second-order valence-corrected chi connectivity index (χ2v) is 8.42. The topological polar surface area (TPSA) is 77.0 Å². The van der Waals surface area contributed by atoms with Gasteiger partial charge in [0.15, 0.2) is 12.4 Å². The van der Waals surface area contributed by atoms with Gasteiger partial charge in [0.1, 0.15) is 17.2 Å². The van der Waals surface area contributed by atoms with Crippen molar-refractivity contribution in [2.75, 3.05) is 51.9 Å². The van der Waals surface area contributed by atoms with Crippen molar-refractivity contribution >= 4 is 34.9 Å². The summed E-state index contributed by atoms with van der Waals surface area (Å²) in [5.41, 5.74) is 1.49. The Morgan fingerprint density at radius 3 is 2.32 bits per heavy atom. The molecule has 178 valence electrons. The largest absolute Gasteiger partial charge is 0.497 e. The number of amides is 1. The van der Waals surface area contributed by atoms with E-state index in [9.17, 15) is 4.79 Å². The van der Waals surface area contributed by atoms with Crippen molar-refractivity contribution in [1.82, 2.24) is 15.1 Å². The number of methoxy groups -OCH3 is 2. The Bertz CT molecular complexity index is 1150. The monoisotopic (exact) mass is 502 g/mol. The van der Waals surface area contributed by atoms with Gasteiger partial charge < -0.3 is 24.0 Å². The minimum absolute atomic E-state index is 0.0851. The van der Waals surface area contributed by atoms with E-state index < -0.39 is 0 Å². The Balaban J connectivity index is 1.34. The van der Waals surface area contributed by atoms with Gasteiger partial charge in [0.25, 0.3) is 5.91 Å². The number of piperazine rings is 1. The zero-order chi connectivity index (χ0) is 24.1. The molecule has 0 radical (unpaired) electrons. The molecule has 4 rings (SSSR count). The number of benzene rings is 2. The van der Waals surface area contributed by atoms with Gasteiger partial charge in [-0.15, -0.1) is 10.2 Å². The van der Waals surface area contributed by atoms with Gasteiger partial charge >= 0.3 is 0 Å². The third kappa shape index (κ3) is 5.46. The highest BCUT2D eigenvalue weighted by Gasteiger charge is 2.23. The van der Waals surface area contributed by atoms with Gasteiger partial charge in [-0.1, -0.05) is 23.2 Å². The smallest absolute Gasteiger partial charge is 0.260 e. The van der Waals surface area contributed by atoms with Crippen LogP contribution in [0.5, 0.6) is 17.2 Å². The van der Waals surface area contributed by atoms with E-state index in [2.05, 4.69) is 15.1 Å². The molecule has 2 heterocycles. The Kier molecular flexibility index (Phi) is 7.59. The summed E-state index contributed by atoms with van der Waals surface area (Å²) >= 11 is 12.0. The van der Waals surface area contributed by atoms with Gasteiger partial charge in [-0.05, 0) is 48.5 Å². The van der Waals surface area contributed by atoms with E-state index in [1.165, 1.54) is 0 Å². The van der Waals surface area contributed by atoms with Gasteiger partial charge in [0.2, 0.25) is 0 Å². The minimum Gasteiger partial charge on any atom is -0.497 e. The van der Waals surface area contributed by atoms with Gasteiger partial charge in [-0.25, -0.2) is 0 Å². The predicted octanol–water partition coefficient (Wildman–Crippen LogP) is 4.20. The summed E-state index contributed by atoms with van der Waals surface area (Å²) in [5, 5.41) is 9.67. The number of aromatic nitrogens is 2. The lowest BCUT2D eigenvalue weighted by atomic mass is 10.1. The number of hydrogen-bond donors (Lipinski definition) is 0. The molecule has 34 heavy (non-hydrogen) atoms. The van der Waals surface area contributed by atoms with Gasteiger partial charge in [0, 0.05) is 36.8 Å². The molecule has 1 aromatic heterocycles. The van der Waals surface area contributed by atoms with Crippen molar-refractivity contribution in [1.29, 1.82) is 0 Å². The molecule has 0 saturated carbocycles. The summed E-state index contributed by atoms with van der Waals surface area (Å²) in [4.78, 5) is 16.4. The maximum absolute atomic E-state index is 12.6. The molecule has 0 N–H and O–H groups in total. The van der Waals surface area contributed by atoms with E-state index >= 15 is 0 Å². The van der Waals surface area contributed by atoms with Crippen molar-refractivity contribution in [3.8, 4) is 28.5 Å². The van der Waals surface area contributed by atoms with Crippen molar-refractivity contribution in [3.05, 3.63) is 58.6 Å².